The number of ether oxygens (including phenoxy) is 2. The molecule has 12 heavy (non-hydrogen) atoms. The van der Waals surface area contributed by atoms with Gasteiger partial charge in [-0.2, -0.15) is 0 Å². The predicted octanol–water partition coefficient (Wildman–Crippen LogP) is 1.28. The zero-order chi connectivity index (χ0) is 9.03. The SMILES string of the molecule is C=CC(=O)OCC1(CCC)CO1. The maximum absolute atomic E-state index is 10.7. The molecule has 0 N–H and O–H groups in total. The lowest BCUT2D eigenvalue weighted by Crippen LogP contribution is -2.21. The molecule has 0 radical (unpaired) electrons. The van der Waals surface area contributed by atoms with Gasteiger partial charge in [0.05, 0.1) is 6.61 Å². The van der Waals surface area contributed by atoms with Crippen LogP contribution < -0.4 is 0 Å². The van der Waals surface area contributed by atoms with E-state index in [0.29, 0.717) is 13.2 Å². The fraction of sp³-hybridized carbons (Fsp3) is 0.667. The van der Waals surface area contributed by atoms with E-state index < -0.39 is 0 Å². The first-order valence-corrected chi connectivity index (χ1v) is 4.15. The minimum absolute atomic E-state index is 0.159. The number of esters is 1. The summed E-state index contributed by atoms with van der Waals surface area (Å²) in [4.78, 5) is 10.7. The van der Waals surface area contributed by atoms with Crippen LogP contribution in [0.2, 0.25) is 0 Å². The van der Waals surface area contributed by atoms with Crippen molar-refractivity contribution in [2.75, 3.05) is 13.2 Å². The van der Waals surface area contributed by atoms with Gasteiger partial charge in [-0.05, 0) is 6.42 Å². The number of carbonyl (C=O) groups excluding carboxylic acids is 1. The van der Waals surface area contributed by atoms with Gasteiger partial charge in [0.15, 0.2) is 0 Å². The first-order chi connectivity index (χ1) is 5.72. The third kappa shape index (κ3) is 2.34. The Morgan fingerprint density at radius 3 is 2.92 bits per heavy atom. The molecule has 0 aromatic heterocycles. The highest BCUT2D eigenvalue weighted by molar-refractivity contribution is 5.81. The molecule has 68 valence electrons. The molecule has 1 heterocycles. The third-order valence-electron chi connectivity index (χ3n) is 1.90. The van der Waals surface area contributed by atoms with Crippen molar-refractivity contribution in [1.82, 2.24) is 0 Å². The van der Waals surface area contributed by atoms with Crippen molar-refractivity contribution in [1.29, 1.82) is 0 Å². The highest BCUT2D eigenvalue weighted by Gasteiger charge is 2.44. The molecule has 1 fully saturated rings. The van der Waals surface area contributed by atoms with E-state index in [0.717, 1.165) is 12.8 Å². The lowest BCUT2D eigenvalue weighted by Gasteiger charge is -2.09. The number of rotatable bonds is 5. The summed E-state index contributed by atoms with van der Waals surface area (Å²) < 4.78 is 10.1. The van der Waals surface area contributed by atoms with Crippen LogP contribution in [0.5, 0.6) is 0 Å². The summed E-state index contributed by atoms with van der Waals surface area (Å²) in [5.74, 6) is -0.374. The van der Waals surface area contributed by atoms with Crippen LogP contribution in [0.25, 0.3) is 0 Å². The zero-order valence-electron chi connectivity index (χ0n) is 7.34. The van der Waals surface area contributed by atoms with Gasteiger partial charge in [-0.15, -0.1) is 0 Å². The summed E-state index contributed by atoms with van der Waals surface area (Å²) in [6.07, 6.45) is 3.17. The van der Waals surface area contributed by atoms with Crippen LogP contribution in [-0.4, -0.2) is 24.8 Å². The second-order valence-electron chi connectivity index (χ2n) is 3.03. The van der Waals surface area contributed by atoms with Gasteiger partial charge in [0, 0.05) is 6.08 Å². The predicted molar refractivity (Wildman–Crippen MR) is 44.7 cm³/mol. The Hall–Kier alpha value is -0.830. The highest BCUT2D eigenvalue weighted by atomic mass is 16.6. The highest BCUT2D eigenvalue weighted by Crippen LogP contribution is 2.32. The van der Waals surface area contributed by atoms with E-state index in [4.69, 9.17) is 9.47 Å². The molecule has 0 amide bonds. The molecule has 0 aromatic carbocycles. The molecular formula is C9H14O3. The lowest BCUT2D eigenvalue weighted by atomic mass is 10.1. The van der Waals surface area contributed by atoms with Crippen LogP contribution >= 0.6 is 0 Å². The van der Waals surface area contributed by atoms with Crippen LogP contribution in [-0.2, 0) is 14.3 Å². The zero-order valence-corrected chi connectivity index (χ0v) is 7.34. The standard InChI is InChI=1S/C9H14O3/c1-3-5-9(7-12-9)6-11-8(10)4-2/h4H,2-3,5-7H2,1H3. The number of epoxide rings is 1. The van der Waals surface area contributed by atoms with Crippen molar-refractivity contribution >= 4 is 5.97 Å². The van der Waals surface area contributed by atoms with Crippen molar-refractivity contribution in [2.24, 2.45) is 0 Å². The molecule has 0 bridgehead atoms. The summed E-state index contributed by atoms with van der Waals surface area (Å²) in [7, 11) is 0. The van der Waals surface area contributed by atoms with E-state index in [1.54, 1.807) is 0 Å². The second kappa shape index (κ2) is 3.72. The van der Waals surface area contributed by atoms with Gasteiger partial charge in [0.2, 0.25) is 0 Å². The summed E-state index contributed by atoms with van der Waals surface area (Å²) >= 11 is 0. The maximum Gasteiger partial charge on any atom is 0.330 e. The van der Waals surface area contributed by atoms with Crippen molar-refractivity contribution in [3.05, 3.63) is 12.7 Å². The molecule has 0 spiro atoms. The quantitative estimate of drug-likeness (QED) is 0.354. The average molecular weight is 170 g/mol. The molecule has 1 rings (SSSR count). The second-order valence-corrected chi connectivity index (χ2v) is 3.03. The number of hydrogen-bond donors (Lipinski definition) is 0. The van der Waals surface area contributed by atoms with Gasteiger partial charge in [-0.25, -0.2) is 4.79 Å². The monoisotopic (exact) mass is 170 g/mol. The Morgan fingerprint density at radius 2 is 2.50 bits per heavy atom. The number of hydrogen-bond acceptors (Lipinski definition) is 3. The molecule has 3 nitrogen and oxygen atoms in total. The molecule has 0 aromatic rings. The molecule has 0 aliphatic carbocycles. The van der Waals surface area contributed by atoms with E-state index in [1.807, 2.05) is 0 Å². The third-order valence-corrected chi connectivity index (χ3v) is 1.90. The first-order valence-electron chi connectivity index (χ1n) is 4.15. The minimum atomic E-state index is -0.374. The van der Waals surface area contributed by atoms with E-state index in [9.17, 15) is 4.79 Å². The van der Waals surface area contributed by atoms with Gasteiger partial charge in [0.1, 0.15) is 12.2 Å². The van der Waals surface area contributed by atoms with Gasteiger partial charge in [0.25, 0.3) is 0 Å². The fourth-order valence-corrected chi connectivity index (χ4v) is 1.12. The van der Waals surface area contributed by atoms with E-state index >= 15 is 0 Å². The van der Waals surface area contributed by atoms with E-state index in [1.165, 1.54) is 6.08 Å². The Kier molecular flexibility index (Phi) is 2.87. The van der Waals surface area contributed by atoms with Crippen LogP contribution in [0.4, 0.5) is 0 Å². The summed E-state index contributed by atoms with van der Waals surface area (Å²) in [5.41, 5.74) is -0.159. The molecule has 1 aliphatic rings. The van der Waals surface area contributed by atoms with Gasteiger partial charge in [-0.1, -0.05) is 19.9 Å². The first kappa shape index (κ1) is 9.26. The molecule has 1 aliphatic heterocycles. The Balaban J connectivity index is 2.22. The summed E-state index contributed by atoms with van der Waals surface area (Å²) in [6, 6.07) is 0. The minimum Gasteiger partial charge on any atom is -0.459 e. The van der Waals surface area contributed by atoms with Crippen molar-refractivity contribution in [3.8, 4) is 0 Å². The fourth-order valence-electron chi connectivity index (χ4n) is 1.12. The maximum atomic E-state index is 10.7. The van der Waals surface area contributed by atoms with Crippen molar-refractivity contribution in [3.63, 3.8) is 0 Å². The molecule has 1 unspecified atom stereocenters. The van der Waals surface area contributed by atoms with Crippen LogP contribution in [0, 0.1) is 0 Å². The summed E-state index contributed by atoms with van der Waals surface area (Å²) in [6.45, 7) is 6.47. The van der Waals surface area contributed by atoms with Gasteiger partial charge >= 0.3 is 5.97 Å². The molecule has 3 heteroatoms. The van der Waals surface area contributed by atoms with Crippen LogP contribution in [0.15, 0.2) is 12.7 Å². The molecule has 1 saturated heterocycles. The smallest absolute Gasteiger partial charge is 0.330 e. The van der Waals surface area contributed by atoms with Crippen molar-refractivity contribution in [2.45, 2.75) is 25.4 Å². The topological polar surface area (TPSA) is 38.8 Å². The van der Waals surface area contributed by atoms with E-state index in [-0.39, 0.29) is 11.6 Å². The molecule has 1 atom stereocenters. The van der Waals surface area contributed by atoms with E-state index in [2.05, 4.69) is 13.5 Å². The summed E-state index contributed by atoms with van der Waals surface area (Å²) in [5, 5.41) is 0. The Labute approximate surface area is 72.4 Å². The number of carbonyl (C=O) groups is 1. The van der Waals surface area contributed by atoms with Crippen LogP contribution in [0.1, 0.15) is 19.8 Å². The largest absolute Gasteiger partial charge is 0.459 e. The molecular weight excluding hydrogens is 156 g/mol. The van der Waals surface area contributed by atoms with Gasteiger partial charge < -0.3 is 9.47 Å². The van der Waals surface area contributed by atoms with Crippen molar-refractivity contribution < 1.29 is 14.3 Å². The van der Waals surface area contributed by atoms with Gasteiger partial charge in [-0.3, -0.25) is 0 Å². The lowest BCUT2D eigenvalue weighted by molar-refractivity contribution is -0.139. The van der Waals surface area contributed by atoms with Crippen LogP contribution in [0.3, 0.4) is 0 Å². The molecule has 0 saturated carbocycles. The normalized spacial score (nSPS) is 26.4. The average Bonchev–Trinajstić information content (AvgIpc) is 2.82. The Bertz CT molecular complexity index is 182. The Morgan fingerprint density at radius 1 is 1.83 bits per heavy atom.